The number of anilines is 1. The van der Waals surface area contributed by atoms with E-state index in [-0.39, 0.29) is 0 Å². The molecular weight excluding hydrogens is 248 g/mol. The lowest BCUT2D eigenvalue weighted by Gasteiger charge is -2.34. The maximum atomic E-state index is 11.6. The first kappa shape index (κ1) is 13.4. The van der Waals surface area contributed by atoms with Crippen LogP contribution in [0.1, 0.15) is 35.3 Å². The molecule has 1 aromatic heterocycles. The van der Waals surface area contributed by atoms with Crippen LogP contribution in [-0.4, -0.2) is 39.4 Å². The topological polar surface area (TPSA) is 101 Å². The summed E-state index contributed by atoms with van der Waals surface area (Å²) in [5.41, 5.74) is 6.23. The highest BCUT2D eigenvalue weighted by atomic mass is 16.4. The van der Waals surface area contributed by atoms with Gasteiger partial charge < -0.3 is 15.7 Å². The van der Waals surface area contributed by atoms with E-state index in [0.29, 0.717) is 30.0 Å². The van der Waals surface area contributed by atoms with Crippen LogP contribution >= 0.6 is 0 Å². The van der Waals surface area contributed by atoms with E-state index < -0.39 is 17.9 Å². The summed E-state index contributed by atoms with van der Waals surface area (Å²) >= 11 is 0. The molecule has 104 valence electrons. The number of aryl methyl sites for hydroxylation is 2. The average Bonchev–Trinajstić information content (AvgIpc) is 2.64. The van der Waals surface area contributed by atoms with E-state index in [1.807, 2.05) is 0 Å². The first-order valence-corrected chi connectivity index (χ1v) is 6.26. The van der Waals surface area contributed by atoms with Crippen molar-refractivity contribution in [2.24, 2.45) is 12.8 Å². The van der Waals surface area contributed by atoms with Crippen molar-refractivity contribution in [2.45, 2.75) is 32.2 Å². The van der Waals surface area contributed by atoms with Crippen molar-refractivity contribution >= 4 is 17.7 Å². The molecule has 0 aliphatic carbocycles. The van der Waals surface area contributed by atoms with Gasteiger partial charge in [0.05, 0.1) is 5.69 Å². The van der Waals surface area contributed by atoms with E-state index in [0.717, 1.165) is 12.8 Å². The van der Waals surface area contributed by atoms with E-state index >= 15 is 0 Å². The number of hydrogen-bond donors (Lipinski definition) is 2. The minimum Gasteiger partial charge on any atom is -0.480 e. The number of hydrogen-bond acceptors (Lipinski definition) is 4. The van der Waals surface area contributed by atoms with Crippen LogP contribution in [0.15, 0.2) is 0 Å². The molecular formula is C12H18N4O3. The molecule has 0 spiro atoms. The molecule has 3 N–H and O–H groups in total. The Morgan fingerprint density at radius 3 is 2.68 bits per heavy atom. The lowest BCUT2D eigenvalue weighted by Crippen LogP contribution is -2.46. The number of carboxylic acids is 1. The van der Waals surface area contributed by atoms with Gasteiger partial charge in [0, 0.05) is 13.6 Å². The minimum atomic E-state index is -0.881. The van der Waals surface area contributed by atoms with Gasteiger partial charge in [0.25, 0.3) is 5.91 Å². The third kappa shape index (κ3) is 2.27. The molecule has 2 heterocycles. The number of rotatable bonds is 3. The third-order valence-electron chi connectivity index (χ3n) is 3.50. The zero-order valence-electron chi connectivity index (χ0n) is 11.1. The first-order chi connectivity index (χ1) is 8.93. The fourth-order valence-electron chi connectivity index (χ4n) is 2.71. The Morgan fingerprint density at radius 1 is 1.42 bits per heavy atom. The molecule has 2 rings (SSSR count). The van der Waals surface area contributed by atoms with Gasteiger partial charge in [-0.1, -0.05) is 0 Å². The second-order valence-corrected chi connectivity index (χ2v) is 4.82. The van der Waals surface area contributed by atoms with Crippen molar-refractivity contribution in [3.8, 4) is 0 Å². The van der Waals surface area contributed by atoms with Gasteiger partial charge in [0.15, 0.2) is 0 Å². The SMILES string of the molecule is Cc1nn(C)c(N2CCCCC2C(=O)O)c1C(N)=O. The highest BCUT2D eigenvalue weighted by molar-refractivity contribution is 5.99. The first-order valence-electron chi connectivity index (χ1n) is 6.26. The predicted molar refractivity (Wildman–Crippen MR) is 69.1 cm³/mol. The predicted octanol–water partition coefficient (Wildman–Crippen LogP) is 0.271. The highest BCUT2D eigenvalue weighted by Gasteiger charge is 2.33. The Morgan fingerprint density at radius 2 is 2.11 bits per heavy atom. The van der Waals surface area contributed by atoms with Crippen LogP contribution in [0, 0.1) is 6.92 Å². The molecule has 0 bridgehead atoms. The van der Waals surface area contributed by atoms with Crippen LogP contribution in [0.4, 0.5) is 5.82 Å². The molecule has 1 amide bonds. The number of primary amides is 1. The van der Waals surface area contributed by atoms with Gasteiger partial charge in [-0.05, 0) is 26.2 Å². The Balaban J connectivity index is 2.50. The van der Waals surface area contributed by atoms with E-state index in [9.17, 15) is 14.7 Å². The molecule has 1 aliphatic rings. The van der Waals surface area contributed by atoms with Crippen molar-refractivity contribution in [1.29, 1.82) is 0 Å². The fraction of sp³-hybridized carbons (Fsp3) is 0.583. The Hall–Kier alpha value is -2.05. The number of nitrogens with two attached hydrogens (primary N) is 1. The van der Waals surface area contributed by atoms with E-state index in [2.05, 4.69) is 5.10 Å². The van der Waals surface area contributed by atoms with E-state index in [1.54, 1.807) is 18.9 Å². The Bertz CT molecular complexity index is 523. The van der Waals surface area contributed by atoms with E-state index in [1.165, 1.54) is 4.68 Å². The molecule has 0 aromatic carbocycles. The molecule has 7 nitrogen and oxygen atoms in total. The summed E-state index contributed by atoms with van der Waals surface area (Å²) in [6, 6.07) is -0.623. The average molecular weight is 266 g/mol. The number of amides is 1. The monoisotopic (exact) mass is 266 g/mol. The molecule has 1 aliphatic heterocycles. The molecule has 0 saturated carbocycles. The molecule has 7 heteroatoms. The third-order valence-corrected chi connectivity index (χ3v) is 3.50. The van der Waals surface area contributed by atoms with Crippen LogP contribution < -0.4 is 10.6 Å². The van der Waals surface area contributed by atoms with Gasteiger partial charge in [0.2, 0.25) is 0 Å². The van der Waals surface area contributed by atoms with Crippen molar-refractivity contribution in [3.05, 3.63) is 11.3 Å². The number of carboxylic acid groups (broad SMARTS) is 1. The Labute approximate surface area is 111 Å². The number of carbonyl (C=O) groups is 2. The second kappa shape index (κ2) is 4.91. The molecule has 1 atom stereocenters. The number of piperidine rings is 1. The van der Waals surface area contributed by atoms with Gasteiger partial charge in [-0.25, -0.2) is 4.79 Å². The molecule has 1 aromatic rings. The standard InChI is InChI=1S/C12H18N4O3/c1-7-9(10(13)17)11(15(2)14-7)16-6-4-3-5-8(16)12(18)19/h8H,3-6H2,1-2H3,(H2,13,17)(H,18,19). The highest BCUT2D eigenvalue weighted by Crippen LogP contribution is 2.29. The summed E-state index contributed by atoms with van der Waals surface area (Å²) in [5.74, 6) is -0.943. The van der Waals surface area contributed by atoms with Crippen LogP contribution in [-0.2, 0) is 11.8 Å². The summed E-state index contributed by atoms with van der Waals surface area (Å²) in [6.07, 6.45) is 2.33. The molecule has 1 unspecified atom stereocenters. The maximum absolute atomic E-state index is 11.6. The lowest BCUT2D eigenvalue weighted by atomic mass is 10.0. The van der Waals surface area contributed by atoms with Gasteiger partial charge in [-0.15, -0.1) is 0 Å². The molecule has 1 fully saturated rings. The lowest BCUT2D eigenvalue weighted by molar-refractivity contribution is -0.139. The summed E-state index contributed by atoms with van der Waals surface area (Å²) < 4.78 is 1.54. The van der Waals surface area contributed by atoms with Crippen molar-refractivity contribution < 1.29 is 14.7 Å². The number of aliphatic carboxylic acids is 1. The van der Waals surface area contributed by atoms with E-state index in [4.69, 9.17) is 5.73 Å². The van der Waals surface area contributed by atoms with Crippen molar-refractivity contribution in [1.82, 2.24) is 9.78 Å². The molecule has 19 heavy (non-hydrogen) atoms. The summed E-state index contributed by atoms with van der Waals surface area (Å²) in [5, 5.41) is 13.5. The van der Waals surface area contributed by atoms with Crippen LogP contribution in [0.5, 0.6) is 0 Å². The fourth-order valence-corrected chi connectivity index (χ4v) is 2.71. The molecule has 1 saturated heterocycles. The van der Waals surface area contributed by atoms with Crippen LogP contribution in [0.3, 0.4) is 0 Å². The van der Waals surface area contributed by atoms with Gasteiger partial charge in [0.1, 0.15) is 17.4 Å². The number of aromatic nitrogens is 2. The van der Waals surface area contributed by atoms with Gasteiger partial charge in [-0.2, -0.15) is 5.10 Å². The van der Waals surface area contributed by atoms with Crippen LogP contribution in [0.25, 0.3) is 0 Å². The quantitative estimate of drug-likeness (QED) is 0.817. The summed E-state index contributed by atoms with van der Waals surface area (Å²) in [6.45, 7) is 2.29. The Kier molecular flexibility index (Phi) is 3.46. The van der Waals surface area contributed by atoms with Gasteiger partial charge in [-0.3, -0.25) is 9.48 Å². The van der Waals surface area contributed by atoms with Crippen molar-refractivity contribution in [2.75, 3.05) is 11.4 Å². The largest absolute Gasteiger partial charge is 0.480 e. The van der Waals surface area contributed by atoms with Crippen LogP contribution in [0.2, 0.25) is 0 Å². The zero-order chi connectivity index (χ0) is 14.2. The molecule has 0 radical (unpaired) electrons. The van der Waals surface area contributed by atoms with Crippen molar-refractivity contribution in [3.63, 3.8) is 0 Å². The van der Waals surface area contributed by atoms with Gasteiger partial charge >= 0.3 is 5.97 Å². The number of carbonyl (C=O) groups excluding carboxylic acids is 1. The number of nitrogens with zero attached hydrogens (tertiary/aromatic N) is 3. The zero-order valence-corrected chi connectivity index (χ0v) is 11.1. The minimum absolute atomic E-state index is 0.315. The summed E-state index contributed by atoms with van der Waals surface area (Å²) in [7, 11) is 1.70. The normalized spacial score (nSPS) is 19.5. The maximum Gasteiger partial charge on any atom is 0.326 e. The second-order valence-electron chi connectivity index (χ2n) is 4.82. The summed E-state index contributed by atoms with van der Waals surface area (Å²) in [4.78, 5) is 24.6. The smallest absolute Gasteiger partial charge is 0.326 e.